The lowest BCUT2D eigenvalue weighted by molar-refractivity contribution is 0.404. The number of rotatable bonds is 2. The van der Waals surface area contributed by atoms with E-state index in [0.29, 0.717) is 0 Å². The summed E-state index contributed by atoms with van der Waals surface area (Å²) in [5.74, 6) is 0.258. The Balaban J connectivity index is 2.83. The highest BCUT2D eigenvalue weighted by molar-refractivity contribution is 8.13. The predicted molar refractivity (Wildman–Crippen MR) is 63.5 cm³/mol. The number of benzene rings is 2. The van der Waals surface area contributed by atoms with E-state index in [1.807, 2.05) is 24.3 Å². The minimum atomic E-state index is -3.79. The second-order valence-corrected chi connectivity index (χ2v) is 5.82. The molecule has 0 spiro atoms. The lowest BCUT2D eigenvalue weighted by atomic mass is 10.1. The molecule has 0 fully saturated rings. The van der Waals surface area contributed by atoms with Crippen molar-refractivity contribution in [1.29, 1.82) is 0 Å². The summed E-state index contributed by atoms with van der Waals surface area (Å²) in [4.78, 5) is -0.00429. The predicted octanol–water partition coefficient (Wildman–Crippen LogP) is 2.78. The highest BCUT2D eigenvalue weighted by Crippen LogP contribution is 2.31. The van der Waals surface area contributed by atoms with Crippen LogP contribution in [0.15, 0.2) is 41.3 Å². The van der Waals surface area contributed by atoms with E-state index in [1.54, 1.807) is 6.07 Å². The highest BCUT2D eigenvalue weighted by atomic mass is 35.7. The Bertz CT molecular complexity index is 635. The molecule has 0 saturated carbocycles. The molecule has 3 nitrogen and oxygen atoms in total. The van der Waals surface area contributed by atoms with Crippen LogP contribution in [0.25, 0.3) is 10.8 Å². The number of fused-ring (bicyclic) bond motifs is 1. The molecule has 2 rings (SSSR count). The standard InChI is InChI=1S/C11H9ClO3S/c1-15-10-6-8-4-2-3-5-9(8)7-11(10)16(12,13)14/h2-7H,1H3. The first-order chi connectivity index (χ1) is 7.52. The first-order valence-electron chi connectivity index (χ1n) is 4.54. The second-order valence-electron chi connectivity index (χ2n) is 3.29. The third-order valence-electron chi connectivity index (χ3n) is 2.29. The van der Waals surface area contributed by atoms with Crippen molar-refractivity contribution in [3.63, 3.8) is 0 Å². The van der Waals surface area contributed by atoms with Crippen LogP contribution in [0.2, 0.25) is 0 Å². The van der Waals surface area contributed by atoms with Crippen molar-refractivity contribution in [2.45, 2.75) is 4.90 Å². The zero-order valence-electron chi connectivity index (χ0n) is 8.48. The first kappa shape index (κ1) is 11.2. The Morgan fingerprint density at radius 2 is 1.69 bits per heavy atom. The third kappa shape index (κ3) is 1.99. The summed E-state index contributed by atoms with van der Waals surface area (Å²) in [6.07, 6.45) is 0. The zero-order valence-corrected chi connectivity index (χ0v) is 10.0. The van der Waals surface area contributed by atoms with Crippen LogP contribution in [-0.2, 0) is 9.05 Å². The smallest absolute Gasteiger partial charge is 0.265 e. The monoisotopic (exact) mass is 256 g/mol. The Kier molecular flexibility index (Phi) is 2.78. The summed E-state index contributed by atoms with van der Waals surface area (Å²) in [5, 5.41) is 1.71. The molecule has 0 aromatic heterocycles. The largest absolute Gasteiger partial charge is 0.495 e. The fourth-order valence-electron chi connectivity index (χ4n) is 1.55. The van der Waals surface area contributed by atoms with E-state index in [1.165, 1.54) is 13.2 Å². The normalized spacial score (nSPS) is 11.6. The molecule has 0 N–H and O–H groups in total. The van der Waals surface area contributed by atoms with Gasteiger partial charge in [-0.25, -0.2) is 8.42 Å². The van der Waals surface area contributed by atoms with Crippen molar-refractivity contribution in [3.05, 3.63) is 36.4 Å². The molecular weight excluding hydrogens is 248 g/mol. The molecule has 0 aliphatic heterocycles. The second kappa shape index (κ2) is 3.96. The number of hydrogen-bond donors (Lipinski definition) is 0. The van der Waals surface area contributed by atoms with E-state index >= 15 is 0 Å². The minimum Gasteiger partial charge on any atom is -0.495 e. The summed E-state index contributed by atoms with van der Waals surface area (Å²) in [7, 11) is 2.96. The van der Waals surface area contributed by atoms with Gasteiger partial charge in [-0.3, -0.25) is 0 Å². The molecule has 2 aromatic carbocycles. The number of halogens is 1. The molecule has 0 aliphatic rings. The van der Waals surface area contributed by atoms with Crippen LogP contribution in [0.4, 0.5) is 0 Å². The van der Waals surface area contributed by atoms with E-state index in [9.17, 15) is 8.42 Å². The summed E-state index contributed by atoms with van der Waals surface area (Å²) >= 11 is 0. The molecule has 0 amide bonds. The van der Waals surface area contributed by atoms with Crippen molar-refractivity contribution in [1.82, 2.24) is 0 Å². The summed E-state index contributed by atoms with van der Waals surface area (Å²) in [6, 6.07) is 10.6. The molecule has 5 heteroatoms. The fourth-order valence-corrected chi connectivity index (χ4v) is 2.56. The lowest BCUT2D eigenvalue weighted by Crippen LogP contribution is -1.96. The zero-order chi connectivity index (χ0) is 11.8. The van der Waals surface area contributed by atoms with E-state index in [4.69, 9.17) is 15.4 Å². The topological polar surface area (TPSA) is 43.4 Å². The first-order valence-corrected chi connectivity index (χ1v) is 6.85. The van der Waals surface area contributed by atoms with Crippen LogP contribution in [0.1, 0.15) is 0 Å². The molecule has 16 heavy (non-hydrogen) atoms. The maximum absolute atomic E-state index is 11.3. The van der Waals surface area contributed by atoms with Crippen LogP contribution in [0.5, 0.6) is 5.75 Å². The SMILES string of the molecule is COc1cc2ccccc2cc1S(=O)(=O)Cl. The van der Waals surface area contributed by atoms with Crippen molar-refractivity contribution < 1.29 is 13.2 Å². The van der Waals surface area contributed by atoms with Gasteiger partial charge in [0.2, 0.25) is 0 Å². The highest BCUT2D eigenvalue weighted by Gasteiger charge is 2.17. The van der Waals surface area contributed by atoms with Gasteiger partial charge in [0, 0.05) is 10.7 Å². The van der Waals surface area contributed by atoms with E-state index in [-0.39, 0.29) is 10.6 Å². The molecule has 84 valence electrons. The molecule has 0 unspecified atom stereocenters. The number of hydrogen-bond acceptors (Lipinski definition) is 3. The van der Waals surface area contributed by atoms with Gasteiger partial charge in [0.25, 0.3) is 9.05 Å². The van der Waals surface area contributed by atoms with E-state index < -0.39 is 9.05 Å². The maximum Gasteiger partial charge on any atom is 0.265 e. The lowest BCUT2D eigenvalue weighted by Gasteiger charge is -2.07. The third-order valence-corrected chi connectivity index (χ3v) is 3.64. The molecule has 0 atom stereocenters. The maximum atomic E-state index is 11.3. The van der Waals surface area contributed by atoms with Gasteiger partial charge in [-0.2, -0.15) is 0 Å². The van der Waals surface area contributed by atoms with Gasteiger partial charge in [0.15, 0.2) is 0 Å². The minimum absolute atomic E-state index is 0.00429. The fraction of sp³-hybridized carbons (Fsp3) is 0.0909. The average molecular weight is 257 g/mol. The molecule has 0 radical (unpaired) electrons. The van der Waals surface area contributed by atoms with Crippen molar-refractivity contribution in [2.24, 2.45) is 0 Å². The molecule has 0 heterocycles. The summed E-state index contributed by atoms with van der Waals surface area (Å²) in [5.41, 5.74) is 0. The van der Waals surface area contributed by atoms with Gasteiger partial charge < -0.3 is 4.74 Å². The van der Waals surface area contributed by atoms with Gasteiger partial charge in [-0.05, 0) is 22.9 Å². The quantitative estimate of drug-likeness (QED) is 0.776. The molecule has 0 bridgehead atoms. The number of methoxy groups -OCH3 is 1. The Morgan fingerprint density at radius 3 is 2.19 bits per heavy atom. The van der Waals surface area contributed by atoms with Gasteiger partial charge >= 0.3 is 0 Å². The van der Waals surface area contributed by atoms with Crippen LogP contribution in [0.3, 0.4) is 0 Å². The molecular formula is C11H9ClO3S. The molecule has 2 aromatic rings. The van der Waals surface area contributed by atoms with Crippen molar-refractivity contribution >= 4 is 30.5 Å². The van der Waals surface area contributed by atoms with Crippen LogP contribution < -0.4 is 4.74 Å². The van der Waals surface area contributed by atoms with E-state index in [0.717, 1.165) is 10.8 Å². The van der Waals surface area contributed by atoms with Crippen LogP contribution in [-0.4, -0.2) is 15.5 Å². The van der Waals surface area contributed by atoms with E-state index in [2.05, 4.69) is 0 Å². The molecule has 0 aliphatic carbocycles. The Labute approximate surface area is 98.0 Å². The average Bonchev–Trinajstić information content (AvgIpc) is 2.26. The number of ether oxygens (including phenoxy) is 1. The Hall–Kier alpha value is -1.26. The van der Waals surface area contributed by atoms with Crippen molar-refractivity contribution in [3.8, 4) is 5.75 Å². The van der Waals surface area contributed by atoms with Gasteiger partial charge in [0.05, 0.1) is 7.11 Å². The van der Waals surface area contributed by atoms with Gasteiger partial charge in [-0.1, -0.05) is 24.3 Å². The van der Waals surface area contributed by atoms with Crippen LogP contribution in [0, 0.1) is 0 Å². The van der Waals surface area contributed by atoms with Gasteiger partial charge in [-0.15, -0.1) is 0 Å². The van der Waals surface area contributed by atoms with Gasteiger partial charge in [0.1, 0.15) is 10.6 Å². The summed E-state index contributed by atoms with van der Waals surface area (Å²) in [6.45, 7) is 0. The molecule has 0 saturated heterocycles. The Morgan fingerprint density at radius 1 is 1.12 bits per heavy atom. The van der Waals surface area contributed by atoms with Crippen LogP contribution >= 0.6 is 10.7 Å². The van der Waals surface area contributed by atoms with Crippen molar-refractivity contribution in [2.75, 3.05) is 7.11 Å². The summed E-state index contributed by atoms with van der Waals surface area (Å²) < 4.78 is 27.7.